The summed E-state index contributed by atoms with van der Waals surface area (Å²) in [6, 6.07) is 10.8. The number of aromatic hydroxyl groups is 1. The van der Waals surface area contributed by atoms with Crippen LogP contribution < -0.4 is 16.9 Å². The maximum Gasteiger partial charge on any atom is 0.335 e. The number of para-hydroxylation sites is 1. The lowest BCUT2D eigenvalue weighted by molar-refractivity contribution is -0.383. The van der Waals surface area contributed by atoms with Gasteiger partial charge in [-0.3, -0.25) is 29.0 Å². The Morgan fingerprint density at radius 1 is 1.06 bits per heavy atom. The lowest BCUT2D eigenvalue weighted by Crippen LogP contribution is -2.31. The van der Waals surface area contributed by atoms with Gasteiger partial charge in [0.1, 0.15) is 11.3 Å². The van der Waals surface area contributed by atoms with Gasteiger partial charge in [0.2, 0.25) is 5.88 Å². The van der Waals surface area contributed by atoms with Gasteiger partial charge in [-0.2, -0.15) is 0 Å². The van der Waals surface area contributed by atoms with Gasteiger partial charge in [-0.15, -0.1) is 0 Å². The van der Waals surface area contributed by atoms with E-state index in [1.165, 1.54) is 21.3 Å². The quantitative estimate of drug-likeness (QED) is 0.252. The number of hydrogen-bond acceptors (Lipinski definition) is 7. The maximum absolute atomic E-state index is 12.6. The number of fused-ring (bicyclic) bond motifs is 1. The molecule has 0 aliphatic carbocycles. The molecule has 12 heteroatoms. The predicted molar refractivity (Wildman–Crippen MR) is 126 cm³/mol. The van der Waals surface area contributed by atoms with E-state index < -0.39 is 22.1 Å². The first kappa shape index (κ1) is 22.5. The number of H-pyrrole nitrogens is 1. The van der Waals surface area contributed by atoms with Gasteiger partial charge in [0, 0.05) is 25.4 Å². The van der Waals surface area contributed by atoms with Gasteiger partial charge < -0.3 is 5.11 Å². The Bertz CT molecular complexity index is 1620. The molecule has 0 radical (unpaired) electrons. The van der Waals surface area contributed by atoms with Crippen LogP contribution in [0.3, 0.4) is 0 Å². The number of benzene rings is 2. The Kier molecular flexibility index (Phi) is 5.72. The summed E-state index contributed by atoms with van der Waals surface area (Å²) in [7, 11) is 0. The number of aromatic nitrogens is 4. The van der Waals surface area contributed by atoms with Gasteiger partial charge in [-0.25, -0.2) is 19.1 Å². The number of hydrogen-bond donors (Lipinski definition) is 2. The van der Waals surface area contributed by atoms with Crippen molar-refractivity contribution in [3.05, 3.63) is 89.5 Å². The van der Waals surface area contributed by atoms with E-state index in [4.69, 9.17) is 0 Å². The second-order valence-electron chi connectivity index (χ2n) is 7.28. The number of aromatic amines is 1. The first-order valence-corrected chi connectivity index (χ1v) is 10.4. The van der Waals surface area contributed by atoms with Crippen molar-refractivity contribution in [1.29, 1.82) is 0 Å². The summed E-state index contributed by atoms with van der Waals surface area (Å²) in [6.07, 6.45) is 0.951. The second-order valence-corrected chi connectivity index (χ2v) is 7.28. The molecule has 0 fully saturated rings. The summed E-state index contributed by atoms with van der Waals surface area (Å²) in [5.74, 6) is -0.671. The van der Waals surface area contributed by atoms with E-state index in [0.29, 0.717) is 29.8 Å². The van der Waals surface area contributed by atoms with Crippen LogP contribution in [0.4, 0.5) is 11.4 Å². The molecular weight excluding hydrogens is 444 g/mol. The fourth-order valence-electron chi connectivity index (χ4n) is 3.81. The number of nitro groups is 1. The van der Waals surface area contributed by atoms with E-state index >= 15 is 0 Å². The number of nitro benzene ring substituents is 1. The lowest BCUT2D eigenvalue weighted by atomic mass is 10.2. The van der Waals surface area contributed by atoms with E-state index in [9.17, 15) is 29.6 Å². The highest BCUT2D eigenvalue weighted by molar-refractivity contribution is 5.89. The van der Waals surface area contributed by atoms with E-state index in [1.54, 1.807) is 44.2 Å². The van der Waals surface area contributed by atoms with Crippen LogP contribution in [0.2, 0.25) is 0 Å². The fraction of sp³-hybridized carbons (Fsp3) is 0.182. The number of imidazole rings is 1. The molecule has 0 saturated heterocycles. The van der Waals surface area contributed by atoms with Crippen LogP contribution in [0.15, 0.2) is 61.8 Å². The molecule has 4 aromatic rings. The number of nitrogens with one attached hydrogen (secondary N) is 1. The van der Waals surface area contributed by atoms with Crippen molar-refractivity contribution >= 4 is 28.6 Å². The zero-order chi connectivity index (χ0) is 24.6. The molecule has 2 heterocycles. The summed E-state index contributed by atoms with van der Waals surface area (Å²) >= 11 is 0. The summed E-state index contributed by atoms with van der Waals surface area (Å²) in [5.41, 5.74) is -1.81. The van der Waals surface area contributed by atoms with Crippen molar-refractivity contribution in [3.8, 4) is 11.6 Å². The third kappa shape index (κ3) is 3.60. The van der Waals surface area contributed by atoms with Crippen molar-refractivity contribution in [2.24, 2.45) is 4.99 Å². The van der Waals surface area contributed by atoms with Crippen LogP contribution >= 0.6 is 0 Å². The van der Waals surface area contributed by atoms with Crippen LogP contribution in [-0.2, 0) is 13.1 Å². The Hall–Kier alpha value is -4.74. The highest BCUT2D eigenvalue weighted by Gasteiger charge is 2.21. The van der Waals surface area contributed by atoms with Crippen LogP contribution in [0, 0.1) is 10.1 Å². The van der Waals surface area contributed by atoms with Crippen LogP contribution in [0.1, 0.15) is 19.4 Å². The van der Waals surface area contributed by atoms with Gasteiger partial charge in [0.05, 0.1) is 21.6 Å². The fourth-order valence-corrected chi connectivity index (χ4v) is 3.81. The molecule has 0 atom stereocenters. The second kappa shape index (κ2) is 8.65. The maximum atomic E-state index is 12.6. The molecule has 2 aromatic carbocycles. The molecule has 2 N–H and O–H groups in total. The molecule has 0 aliphatic rings. The average Bonchev–Trinajstić information content (AvgIpc) is 3.07. The number of aliphatic imine (C=N–C) groups is 1. The Labute approximate surface area is 190 Å². The first-order valence-electron chi connectivity index (χ1n) is 10.4. The Morgan fingerprint density at radius 3 is 2.26 bits per heavy atom. The monoisotopic (exact) mass is 464 g/mol. The van der Waals surface area contributed by atoms with Crippen molar-refractivity contribution in [2.45, 2.75) is 26.9 Å². The topological polar surface area (TPSA) is 158 Å². The summed E-state index contributed by atoms with van der Waals surface area (Å²) in [6.45, 7) is 4.20. The molecule has 34 heavy (non-hydrogen) atoms. The number of nitrogens with zero attached hydrogens (tertiary/aromatic N) is 5. The Morgan fingerprint density at radius 2 is 1.68 bits per heavy atom. The normalized spacial score (nSPS) is 11.5. The lowest BCUT2D eigenvalue weighted by Gasteiger charge is -2.09. The summed E-state index contributed by atoms with van der Waals surface area (Å²) in [4.78, 5) is 54.6. The molecule has 0 aliphatic heterocycles. The van der Waals surface area contributed by atoms with Crippen molar-refractivity contribution in [3.63, 3.8) is 0 Å². The molecule has 0 saturated carbocycles. The van der Waals surface area contributed by atoms with E-state index in [0.717, 1.165) is 10.8 Å². The molecule has 2 aromatic heterocycles. The number of aryl methyl sites for hydroxylation is 2. The highest BCUT2D eigenvalue weighted by atomic mass is 16.6. The minimum absolute atomic E-state index is 0.121. The molecular formula is C22H20N6O6. The zero-order valence-electron chi connectivity index (χ0n) is 18.3. The first-order chi connectivity index (χ1) is 16.3. The third-order valence-corrected chi connectivity index (χ3v) is 5.41. The highest BCUT2D eigenvalue weighted by Crippen LogP contribution is 2.32. The minimum atomic E-state index is -0.912. The molecule has 174 valence electrons. The van der Waals surface area contributed by atoms with Gasteiger partial charge >= 0.3 is 11.4 Å². The molecule has 4 rings (SSSR count). The molecule has 12 nitrogen and oxygen atoms in total. The van der Waals surface area contributed by atoms with Crippen LogP contribution in [0.5, 0.6) is 5.88 Å². The van der Waals surface area contributed by atoms with E-state index in [-0.39, 0.29) is 22.6 Å². The van der Waals surface area contributed by atoms with Gasteiger partial charge in [-0.05, 0) is 32.0 Å². The van der Waals surface area contributed by atoms with Gasteiger partial charge in [0.15, 0.2) is 0 Å². The smallest absolute Gasteiger partial charge is 0.335 e. The third-order valence-electron chi connectivity index (χ3n) is 5.41. The SMILES string of the molecule is CCn1c(=O)n(CC)c2cc([N+](=O)[O-])c(N=Cc3c(O)n(-c4ccccc4)c(=O)[nH]c3=O)cc21. The van der Waals surface area contributed by atoms with Crippen molar-refractivity contribution in [2.75, 3.05) is 0 Å². The standard InChI is InChI=1S/C22H20N6O6/c1-3-25-17-10-15(16(28(33)34)11-18(17)26(4-2)22(25)32)23-12-14-19(29)24-21(31)27(20(14)30)13-8-6-5-7-9-13/h5-12,30H,3-4H2,1-2H3,(H,24,29,31). The summed E-state index contributed by atoms with van der Waals surface area (Å²) in [5, 5.41) is 22.4. The van der Waals surface area contributed by atoms with Crippen LogP contribution in [0.25, 0.3) is 16.7 Å². The van der Waals surface area contributed by atoms with Gasteiger partial charge in [-0.1, -0.05) is 18.2 Å². The molecule has 0 unspecified atom stereocenters. The predicted octanol–water partition coefficient (Wildman–Crippen LogP) is 2.05. The van der Waals surface area contributed by atoms with E-state index in [1.807, 2.05) is 0 Å². The van der Waals surface area contributed by atoms with Crippen molar-refractivity contribution in [1.82, 2.24) is 18.7 Å². The van der Waals surface area contributed by atoms with Gasteiger partial charge in [0.25, 0.3) is 11.2 Å². The Balaban J connectivity index is 1.93. The summed E-state index contributed by atoms with van der Waals surface area (Å²) < 4.78 is 3.77. The van der Waals surface area contributed by atoms with Crippen molar-refractivity contribution < 1.29 is 10.0 Å². The van der Waals surface area contributed by atoms with E-state index in [2.05, 4.69) is 9.98 Å². The largest absolute Gasteiger partial charge is 0.493 e. The van der Waals surface area contributed by atoms with Crippen LogP contribution in [-0.4, -0.2) is 34.9 Å². The average molecular weight is 464 g/mol. The molecule has 0 amide bonds. The molecule has 0 spiro atoms. The minimum Gasteiger partial charge on any atom is -0.493 e. The zero-order valence-corrected chi connectivity index (χ0v) is 18.3. The molecule has 0 bridgehead atoms. The number of rotatable bonds is 6.